The van der Waals surface area contributed by atoms with Crippen LogP contribution in [0.1, 0.15) is 30.3 Å². The lowest BCUT2D eigenvalue weighted by Gasteiger charge is -2.38. The van der Waals surface area contributed by atoms with Crippen LogP contribution in [-0.2, 0) is 0 Å². The second-order valence-electron chi connectivity index (χ2n) is 7.29. The van der Waals surface area contributed by atoms with Gasteiger partial charge in [0.25, 0.3) is 0 Å². The molecule has 6 nitrogen and oxygen atoms in total. The zero-order valence-electron chi connectivity index (χ0n) is 16.6. The third-order valence-electron chi connectivity index (χ3n) is 5.03. The van der Waals surface area contributed by atoms with E-state index in [0.29, 0.717) is 10.7 Å². The van der Waals surface area contributed by atoms with Gasteiger partial charge in [-0.3, -0.25) is 10.3 Å². The first-order chi connectivity index (χ1) is 13.9. The summed E-state index contributed by atoms with van der Waals surface area (Å²) in [4.78, 5) is 24.5. The molecule has 3 aromatic rings. The molecule has 2 aromatic heterocycles. The van der Waals surface area contributed by atoms with Crippen molar-refractivity contribution in [2.24, 2.45) is 0 Å². The van der Waals surface area contributed by atoms with Crippen LogP contribution in [0.4, 0.5) is 9.93 Å². The summed E-state index contributed by atoms with van der Waals surface area (Å²) < 4.78 is 0. The molecule has 4 rings (SSSR count). The number of hydrogen-bond acceptors (Lipinski definition) is 5. The van der Waals surface area contributed by atoms with Crippen molar-refractivity contribution in [3.8, 4) is 27.8 Å². The van der Waals surface area contributed by atoms with Crippen molar-refractivity contribution in [1.82, 2.24) is 14.9 Å². The Kier molecular flexibility index (Phi) is 5.03. The second-order valence-corrected chi connectivity index (χ2v) is 8.29. The Morgan fingerprint density at radius 1 is 1.21 bits per heavy atom. The molecule has 3 heterocycles. The maximum Gasteiger partial charge on any atom is 0.323 e. The van der Waals surface area contributed by atoms with Crippen LogP contribution in [-0.4, -0.2) is 33.5 Å². The number of aryl methyl sites for hydroxylation is 2. The number of nitrogens with one attached hydrogen (secondary N) is 1. The third-order valence-corrected chi connectivity index (χ3v) is 6.05. The normalized spacial score (nSPS) is 15.5. The molecule has 1 saturated heterocycles. The largest absolute Gasteiger partial charge is 0.323 e. The van der Waals surface area contributed by atoms with E-state index >= 15 is 0 Å². The fourth-order valence-electron chi connectivity index (χ4n) is 3.45. The van der Waals surface area contributed by atoms with E-state index in [2.05, 4.69) is 16.4 Å². The van der Waals surface area contributed by atoms with Crippen LogP contribution < -0.4 is 5.32 Å². The summed E-state index contributed by atoms with van der Waals surface area (Å²) in [7, 11) is 0. The smallest absolute Gasteiger partial charge is 0.322 e. The Morgan fingerprint density at radius 2 is 1.97 bits per heavy atom. The van der Waals surface area contributed by atoms with E-state index < -0.39 is 0 Å². The van der Waals surface area contributed by atoms with Crippen molar-refractivity contribution < 1.29 is 4.79 Å². The Balaban J connectivity index is 1.78. The van der Waals surface area contributed by atoms with Gasteiger partial charge in [0.2, 0.25) is 0 Å². The molecule has 0 bridgehead atoms. The molecule has 0 radical (unpaired) electrons. The minimum Gasteiger partial charge on any atom is -0.322 e. The summed E-state index contributed by atoms with van der Waals surface area (Å²) in [6.07, 6.45) is 1.03. The fraction of sp³-hybridized carbons (Fsp3) is 0.273. The van der Waals surface area contributed by atoms with Crippen molar-refractivity contribution in [2.45, 2.75) is 33.2 Å². The van der Waals surface area contributed by atoms with E-state index in [1.807, 2.05) is 51.1 Å². The third kappa shape index (κ3) is 3.84. The van der Waals surface area contributed by atoms with Gasteiger partial charge < -0.3 is 4.90 Å². The number of carbonyl (C=O) groups is 1. The van der Waals surface area contributed by atoms with Crippen molar-refractivity contribution in [2.75, 3.05) is 11.9 Å². The van der Waals surface area contributed by atoms with E-state index in [1.165, 1.54) is 11.3 Å². The van der Waals surface area contributed by atoms with Crippen LogP contribution in [0, 0.1) is 25.2 Å². The predicted octanol–water partition coefficient (Wildman–Crippen LogP) is 4.99. The van der Waals surface area contributed by atoms with Gasteiger partial charge >= 0.3 is 6.03 Å². The van der Waals surface area contributed by atoms with Gasteiger partial charge in [0, 0.05) is 29.5 Å². The van der Waals surface area contributed by atoms with Gasteiger partial charge in [-0.05, 0) is 57.0 Å². The Morgan fingerprint density at radius 3 is 2.59 bits per heavy atom. The van der Waals surface area contributed by atoms with Gasteiger partial charge in [0.05, 0.1) is 22.2 Å². The standard InChI is InChI=1S/C22H21N5OS/c1-13-9-18(10-14(2)24-13)20-19(17-6-4-5-16(11-17)12-23)25-21(29-20)26-22(28)27-8-7-15(27)3/h4-6,9-11,15H,7-8H2,1-3H3,(H,25,26,28)/t15-/m0/s1. The molecule has 0 saturated carbocycles. The topological polar surface area (TPSA) is 81.9 Å². The van der Waals surface area contributed by atoms with E-state index in [-0.39, 0.29) is 12.1 Å². The number of pyridine rings is 1. The Hall–Kier alpha value is -3.24. The summed E-state index contributed by atoms with van der Waals surface area (Å²) in [5, 5.41) is 12.8. The summed E-state index contributed by atoms with van der Waals surface area (Å²) >= 11 is 1.44. The molecule has 0 unspecified atom stereocenters. The van der Waals surface area contributed by atoms with Crippen molar-refractivity contribution in [1.29, 1.82) is 5.26 Å². The predicted molar refractivity (Wildman–Crippen MR) is 115 cm³/mol. The van der Waals surface area contributed by atoms with Crippen molar-refractivity contribution >= 4 is 22.5 Å². The van der Waals surface area contributed by atoms with Gasteiger partial charge in [-0.2, -0.15) is 5.26 Å². The molecule has 1 atom stereocenters. The van der Waals surface area contributed by atoms with E-state index in [9.17, 15) is 10.1 Å². The number of anilines is 1. The summed E-state index contributed by atoms with van der Waals surface area (Å²) in [6.45, 7) is 6.73. The van der Waals surface area contributed by atoms with E-state index in [0.717, 1.165) is 46.1 Å². The lowest BCUT2D eigenvalue weighted by atomic mass is 10.0. The highest BCUT2D eigenvalue weighted by molar-refractivity contribution is 7.19. The monoisotopic (exact) mass is 403 g/mol. The lowest BCUT2D eigenvalue weighted by Crippen LogP contribution is -2.51. The first kappa shape index (κ1) is 19.1. The number of nitriles is 1. The molecular weight excluding hydrogens is 382 g/mol. The maximum absolute atomic E-state index is 12.5. The Labute approximate surface area is 173 Å². The van der Waals surface area contributed by atoms with E-state index in [4.69, 9.17) is 4.98 Å². The number of hydrogen-bond donors (Lipinski definition) is 1. The molecule has 29 heavy (non-hydrogen) atoms. The van der Waals surface area contributed by atoms with Crippen molar-refractivity contribution in [3.05, 3.63) is 53.3 Å². The zero-order valence-corrected chi connectivity index (χ0v) is 17.4. The maximum atomic E-state index is 12.5. The number of urea groups is 1. The quantitative estimate of drug-likeness (QED) is 0.668. The molecular formula is C22H21N5OS. The first-order valence-corrected chi connectivity index (χ1v) is 10.3. The number of nitrogens with zero attached hydrogens (tertiary/aromatic N) is 4. The molecule has 1 aliphatic rings. The lowest BCUT2D eigenvalue weighted by molar-refractivity contribution is 0.136. The fourth-order valence-corrected chi connectivity index (χ4v) is 4.41. The number of aromatic nitrogens is 2. The molecule has 0 spiro atoms. The number of benzene rings is 1. The SMILES string of the molecule is Cc1cc(-c2sc(NC(=O)N3CC[C@@H]3C)nc2-c2cccc(C#N)c2)cc(C)n1. The highest BCUT2D eigenvalue weighted by atomic mass is 32.1. The molecule has 2 amide bonds. The van der Waals surface area contributed by atoms with Crippen LogP contribution in [0.3, 0.4) is 0 Å². The molecule has 1 fully saturated rings. The van der Waals surface area contributed by atoms with Crippen LogP contribution in [0.15, 0.2) is 36.4 Å². The number of likely N-dealkylation sites (tertiary alicyclic amines) is 1. The van der Waals surface area contributed by atoms with Crippen molar-refractivity contribution in [3.63, 3.8) is 0 Å². The summed E-state index contributed by atoms with van der Waals surface area (Å²) in [6, 6.07) is 13.7. The van der Waals surface area contributed by atoms with Gasteiger partial charge in [-0.1, -0.05) is 23.5 Å². The molecule has 7 heteroatoms. The van der Waals surface area contributed by atoms with Gasteiger partial charge in [-0.25, -0.2) is 9.78 Å². The zero-order chi connectivity index (χ0) is 20.5. The Bertz CT molecular complexity index is 1110. The number of carbonyl (C=O) groups excluding carboxylic acids is 1. The average Bonchev–Trinajstić information content (AvgIpc) is 3.09. The number of amides is 2. The van der Waals surface area contributed by atoms with Gasteiger partial charge in [-0.15, -0.1) is 0 Å². The second kappa shape index (κ2) is 7.64. The van der Waals surface area contributed by atoms with Gasteiger partial charge in [0.1, 0.15) is 0 Å². The number of rotatable bonds is 3. The van der Waals surface area contributed by atoms with Crippen LogP contribution >= 0.6 is 11.3 Å². The molecule has 1 aliphatic heterocycles. The molecule has 1 aromatic carbocycles. The molecule has 146 valence electrons. The highest BCUT2D eigenvalue weighted by Gasteiger charge is 2.29. The number of thiazole rings is 1. The summed E-state index contributed by atoms with van der Waals surface area (Å²) in [5.41, 5.74) is 5.02. The van der Waals surface area contributed by atoms with Gasteiger partial charge in [0.15, 0.2) is 5.13 Å². The molecule has 0 aliphatic carbocycles. The first-order valence-electron chi connectivity index (χ1n) is 9.49. The average molecular weight is 404 g/mol. The minimum absolute atomic E-state index is 0.122. The van der Waals surface area contributed by atoms with Crippen LogP contribution in [0.5, 0.6) is 0 Å². The summed E-state index contributed by atoms with van der Waals surface area (Å²) in [5.74, 6) is 0. The molecule has 1 N–H and O–H groups in total. The van der Waals surface area contributed by atoms with Crippen LogP contribution in [0.25, 0.3) is 21.7 Å². The highest BCUT2D eigenvalue weighted by Crippen LogP contribution is 2.40. The minimum atomic E-state index is -0.122. The van der Waals surface area contributed by atoms with Crippen LogP contribution in [0.2, 0.25) is 0 Å². The van der Waals surface area contributed by atoms with E-state index in [1.54, 1.807) is 11.0 Å².